The Morgan fingerprint density at radius 1 is 1.33 bits per heavy atom. The van der Waals surface area contributed by atoms with Gasteiger partial charge in [-0.15, -0.1) is 0 Å². The minimum atomic E-state index is -0.383. The van der Waals surface area contributed by atoms with Gasteiger partial charge in [0.05, 0.1) is 12.7 Å². The zero-order valence-electron chi connectivity index (χ0n) is 10.4. The number of fused-ring (bicyclic) bond motifs is 1. The van der Waals surface area contributed by atoms with E-state index in [2.05, 4.69) is 0 Å². The van der Waals surface area contributed by atoms with Crippen LogP contribution in [0.3, 0.4) is 0 Å². The van der Waals surface area contributed by atoms with Crippen molar-refractivity contribution in [2.75, 3.05) is 7.11 Å². The summed E-state index contributed by atoms with van der Waals surface area (Å²) >= 11 is 0. The summed E-state index contributed by atoms with van der Waals surface area (Å²) in [6, 6.07) is 4.77. The molecule has 0 fully saturated rings. The van der Waals surface area contributed by atoms with E-state index in [1.807, 2.05) is 6.92 Å². The Kier molecular flexibility index (Phi) is 3.46. The fraction of sp³-hybridized carbons (Fsp3) is 0.286. The van der Waals surface area contributed by atoms with E-state index in [4.69, 9.17) is 9.15 Å². The second kappa shape index (κ2) is 5.04. The van der Waals surface area contributed by atoms with E-state index < -0.39 is 0 Å². The summed E-state index contributed by atoms with van der Waals surface area (Å²) in [5.74, 6) is 0.411. The van der Waals surface area contributed by atoms with Crippen LogP contribution in [0.4, 0.5) is 0 Å². The molecule has 0 saturated carbocycles. The van der Waals surface area contributed by atoms with Crippen LogP contribution in [0.1, 0.15) is 29.3 Å². The van der Waals surface area contributed by atoms with Crippen LogP contribution in [-0.2, 0) is 6.42 Å². The van der Waals surface area contributed by atoms with Crippen LogP contribution in [0.25, 0.3) is 11.0 Å². The highest BCUT2D eigenvalue weighted by molar-refractivity contribution is 5.91. The van der Waals surface area contributed by atoms with E-state index in [-0.39, 0.29) is 5.63 Å². The van der Waals surface area contributed by atoms with Crippen molar-refractivity contribution in [2.24, 2.45) is 0 Å². The first-order chi connectivity index (χ1) is 8.69. The van der Waals surface area contributed by atoms with Crippen molar-refractivity contribution in [3.05, 3.63) is 39.7 Å². The molecule has 0 aliphatic carbocycles. The molecule has 0 radical (unpaired) electrons. The number of aryl methyl sites for hydroxylation is 1. The molecule has 1 aromatic carbocycles. The molecule has 0 atom stereocenters. The number of methoxy groups -OCH3 is 1. The fourth-order valence-corrected chi connectivity index (χ4v) is 2.02. The van der Waals surface area contributed by atoms with Gasteiger partial charge in [0.15, 0.2) is 6.29 Å². The quantitative estimate of drug-likeness (QED) is 0.614. The van der Waals surface area contributed by atoms with Gasteiger partial charge in [0, 0.05) is 17.5 Å². The summed E-state index contributed by atoms with van der Waals surface area (Å²) in [5, 5.41) is 0.791. The molecule has 4 heteroatoms. The van der Waals surface area contributed by atoms with Crippen LogP contribution in [0.2, 0.25) is 0 Å². The molecule has 2 rings (SSSR count). The molecule has 0 spiro atoms. The zero-order valence-corrected chi connectivity index (χ0v) is 10.4. The van der Waals surface area contributed by atoms with E-state index in [9.17, 15) is 9.59 Å². The summed E-state index contributed by atoms with van der Waals surface area (Å²) in [5.41, 5.74) is 1.42. The monoisotopic (exact) mass is 246 g/mol. The van der Waals surface area contributed by atoms with Gasteiger partial charge in [-0.2, -0.15) is 0 Å². The average molecular weight is 246 g/mol. The van der Waals surface area contributed by atoms with Crippen LogP contribution in [0, 0.1) is 0 Å². The Labute approximate surface area is 104 Å². The number of carbonyl (C=O) groups excluding carboxylic acids is 1. The number of hydrogen-bond donors (Lipinski definition) is 0. The maximum atomic E-state index is 11.5. The SMILES string of the molecule is CCCc1cc(=O)oc2cc(OC)c(C=O)cc12. The van der Waals surface area contributed by atoms with Gasteiger partial charge in [-0.1, -0.05) is 13.3 Å². The summed E-state index contributed by atoms with van der Waals surface area (Å²) in [7, 11) is 1.47. The first-order valence-electron chi connectivity index (χ1n) is 5.79. The normalized spacial score (nSPS) is 10.6. The van der Waals surface area contributed by atoms with Crippen molar-refractivity contribution in [3.8, 4) is 5.75 Å². The highest BCUT2D eigenvalue weighted by Gasteiger charge is 2.10. The van der Waals surface area contributed by atoms with Gasteiger partial charge < -0.3 is 9.15 Å². The molecule has 0 N–H and O–H groups in total. The highest BCUT2D eigenvalue weighted by atomic mass is 16.5. The Bertz CT molecular complexity index is 640. The van der Waals surface area contributed by atoms with Gasteiger partial charge in [0.25, 0.3) is 0 Å². The fourth-order valence-electron chi connectivity index (χ4n) is 2.02. The standard InChI is InChI=1S/C14H14O4/c1-3-4-9-6-14(16)18-13-7-12(17-2)10(8-15)5-11(9)13/h5-8H,3-4H2,1-2H3. The number of ether oxygens (including phenoxy) is 1. The molecule has 0 aliphatic heterocycles. The van der Waals surface area contributed by atoms with Crippen molar-refractivity contribution in [1.82, 2.24) is 0 Å². The third-order valence-electron chi connectivity index (χ3n) is 2.83. The first-order valence-corrected chi connectivity index (χ1v) is 5.79. The maximum Gasteiger partial charge on any atom is 0.336 e. The van der Waals surface area contributed by atoms with Crippen LogP contribution < -0.4 is 10.4 Å². The summed E-state index contributed by atoms with van der Waals surface area (Å²) in [6.45, 7) is 2.03. The van der Waals surface area contributed by atoms with Crippen molar-refractivity contribution in [2.45, 2.75) is 19.8 Å². The second-order valence-electron chi connectivity index (χ2n) is 4.05. The third-order valence-corrected chi connectivity index (χ3v) is 2.83. The summed E-state index contributed by atoms with van der Waals surface area (Å²) in [4.78, 5) is 22.4. The number of hydrogen-bond acceptors (Lipinski definition) is 4. The van der Waals surface area contributed by atoms with Crippen molar-refractivity contribution in [1.29, 1.82) is 0 Å². The molecule has 18 heavy (non-hydrogen) atoms. The van der Waals surface area contributed by atoms with E-state index >= 15 is 0 Å². The summed E-state index contributed by atoms with van der Waals surface area (Å²) < 4.78 is 10.2. The Balaban J connectivity index is 2.78. The van der Waals surface area contributed by atoms with Gasteiger partial charge >= 0.3 is 5.63 Å². The molecular formula is C14H14O4. The Morgan fingerprint density at radius 2 is 2.11 bits per heavy atom. The Hall–Kier alpha value is -2.10. The molecule has 0 amide bonds. The van der Waals surface area contributed by atoms with Crippen LogP contribution in [-0.4, -0.2) is 13.4 Å². The number of benzene rings is 1. The lowest BCUT2D eigenvalue weighted by molar-refractivity contribution is 0.112. The number of carbonyl (C=O) groups is 1. The minimum absolute atomic E-state index is 0.383. The number of aldehydes is 1. The van der Waals surface area contributed by atoms with Crippen LogP contribution in [0.5, 0.6) is 5.75 Å². The molecule has 2 aromatic rings. The molecule has 0 saturated heterocycles. The molecule has 94 valence electrons. The van der Waals surface area contributed by atoms with E-state index in [0.29, 0.717) is 16.9 Å². The molecular weight excluding hydrogens is 232 g/mol. The van der Waals surface area contributed by atoms with Gasteiger partial charge in [0.2, 0.25) is 0 Å². The van der Waals surface area contributed by atoms with E-state index in [1.54, 1.807) is 12.1 Å². The van der Waals surface area contributed by atoms with Crippen molar-refractivity contribution < 1.29 is 13.9 Å². The predicted molar refractivity (Wildman–Crippen MR) is 68.4 cm³/mol. The van der Waals surface area contributed by atoms with Crippen molar-refractivity contribution >= 4 is 17.3 Å². The topological polar surface area (TPSA) is 56.5 Å². The number of rotatable bonds is 4. The van der Waals surface area contributed by atoms with Gasteiger partial charge in [-0.3, -0.25) is 4.79 Å². The minimum Gasteiger partial charge on any atom is -0.496 e. The zero-order chi connectivity index (χ0) is 13.1. The lowest BCUT2D eigenvalue weighted by Crippen LogP contribution is -2.02. The molecule has 1 aromatic heterocycles. The molecule has 1 heterocycles. The van der Waals surface area contributed by atoms with Gasteiger partial charge in [-0.05, 0) is 18.1 Å². The smallest absolute Gasteiger partial charge is 0.336 e. The molecule has 0 aliphatic rings. The van der Waals surface area contributed by atoms with Crippen LogP contribution in [0.15, 0.2) is 27.4 Å². The first kappa shape index (κ1) is 12.4. The van der Waals surface area contributed by atoms with Gasteiger partial charge in [-0.25, -0.2) is 4.79 Å². The predicted octanol–water partition coefficient (Wildman–Crippen LogP) is 2.57. The highest BCUT2D eigenvalue weighted by Crippen LogP contribution is 2.26. The molecule has 0 bridgehead atoms. The average Bonchev–Trinajstić information content (AvgIpc) is 2.37. The molecule has 0 unspecified atom stereocenters. The maximum absolute atomic E-state index is 11.5. The van der Waals surface area contributed by atoms with Crippen molar-refractivity contribution in [3.63, 3.8) is 0 Å². The molecule has 4 nitrogen and oxygen atoms in total. The lowest BCUT2D eigenvalue weighted by atomic mass is 10.0. The Morgan fingerprint density at radius 3 is 2.72 bits per heavy atom. The van der Waals surface area contributed by atoms with Crippen LogP contribution >= 0.6 is 0 Å². The third kappa shape index (κ3) is 2.14. The van der Waals surface area contributed by atoms with E-state index in [0.717, 1.165) is 30.1 Å². The van der Waals surface area contributed by atoms with Gasteiger partial charge in [0.1, 0.15) is 11.3 Å². The largest absolute Gasteiger partial charge is 0.496 e. The lowest BCUT2D eigenvalue weighted by Gasteiger charge is -2.08. The summed E-state index contributed by atoms with van der Waals surface area (Å²) in [6.07, 6.45) is 2.42. The second-order valence-corrected chi connectivity index (χ2v) is 4.05. The van der Waals surface area contributed by atoms with E-state index in [1.165, 1.54) is 13.2 Å².